The number of anilines is 1. The van der Waals surface area contributed by atoms with Gasteiger partial charge in [-0.1, -0.05) is 24.3 Å². The lowest BCUT2D eigenvalue weighted by Crippen LogP contribution is -2.57. The van der Waals surface area contributed by atoms with Crippen molar-refractivity contribution < 1.29 is 23.9 Å². The van der Waals surface area contributed by atoms with Crippen LogP contribution in [0.3, 0.4) is 0 Å². The first kappa shape index (κ1) is 34.3. The summed E-state index contributed by atoms with van der Waals surface area (Å²) in [6, 6.07) is 10.6. The molecule has 6 rings (SSSR count). The van der Waals surface area contributed by atoms with Gasteiger partial charge in [-0.05, 0) is 71.4 Å². The van der Waals surface area contributed by atoms with E-state index in [0.29, 0.717) is 51.1 Å². The normalized spacial score (nSPS) is 18.6. The topological polar surface area (TPSA) is 124 Å². The quantitative estimate of drug-likeness (QED) is 0.333. The second kappa shape index (κ2) is 14.1. The number of H-pyrrole nitrogens is 1. The molecule has 0 spiro atoms. The third-order valence-corrected chi connectivity index (χ3v) is 9.35. The van der Waals surface area contributed by atoms with E-state index >= 15 is 0 Å². The lowest BCUT2D eigenvalue weighted by atomic mass is 9.95. The van der Waals surface area contributed by atoms with Crippen LogP contribution in [0, 0.1) is 5.92 Å². The summed E-state index contributed by atoms with van der Waals surface area (Å²) in [7, 11) is 0. The highest BCUT2D eigenvalue weighted by Crippen LogP contribution is 2.34. The number of hydrogen-bond acceptors (Lipinski definition) is 8. The van der Waals surface area contributed by atoms with Gasteiger partial charge in [-0.2, -0.15) is 5.10 Å². The molecular weight excluding hydrogens is 622 g/mol. The van der Waals surface area contributed by atoms with Crippen molar-refractivity contribution in [3.63, 3.8) is 0 Å². The average molecular weight is 672 g/mol. The number of carbonyl (C=O) groups excluding carboxylic acids is 3. The first-order chi connectivity index (χ1) is 23.4. The molecule has 0 unspecified atom stereocenters. The third-order valence-electron chi connectivity index (χ3n) is 9.35. The van der Waals surface area contributed by atoms with Gasteiger partial charge < -0.3 is 29.1 Å². The molecule has 0 radical (unpaired) electrons. The Bertz CT molecular complexity index is 1610. The zero-order valence-corrected chi connectivity index (χ0v) is 29.4. The molecule has 3 aromatic rings. The summed E-state index contributed by atoms with van der Waals surface area (Å²) in [4.78, 5) is 52.1. The molecule has 12 heteroatoms. The van der Waals surface area contributed by atoms with Crippen LogP contribution < -0.4 is 9.64 Å². The van der Waals surface area contributed by atoms with Gasteiger partial charge >= 0.3 is 6.09 Å². The number of aromatic nitrogens is 3. The van der Waals surface area contributed by atoms with E-state index in [1.165, 1.54) is 0 Å². The minimum atomic E-state index is -1.14. The number of carbonyl (C=O) groups is 3. The highest BCUT2D eigenvalue weighted by molar-refractivity contribution is 5.85. The molecule has 12 nitrogen and oxygen atoms in total. The van der Waals surface area contributed by atoms with E-state index in [1.54, 1.807) is 42.2 Å². The van der Waals surface area contributed by atoms with Crippen molar-refractivity contribution >= 4 is 23.6 Å². The molecule has 0 bridgehead atoms. The summed E-state index contributed by atoms with van der Waals surface area (Å²) in [6.07, 6.45) is 10.6. The molecule has 4 heterocycles. The lowest BCUT2D eigenvalue weighted by Gasteiger charge is -2.39. The van der Waals surface area contributed by atoms with Crippen LogP contribution in [-0.2, 0) is 20.9 Å². The zero-order chi connectivity index (χ0) is 34.8. The molecule has 1 aliphatic carbocycles. The van der Waals surface area contributed by atoms with E-state index < -0.39 is 11.2 Å². The minimum absolute atomic E-state index is 0.110. The molecule has 1 aromatic carbocycles. The van der Waals surface area contributed by atoms with E-state index in [-0.39, 0.29) is 23.8 Å². The van der Waals surface area contributed by atoms with Gasteiger partial charge in [0.2, 0.25) is 5.91 Å². The molecule has 1 atom stereocenters. The number of piperidine rings is 1. The Hall–Kier alpha value is -4.61. The van der Waals surface area contributed by atoms with Gasteiger partial charge in [0.25, 0.3) is 5.91 Å². The van der Waals surface area contributed by atoms with Gasteiger partial charge in [0.1, 0.15) is 11.4 Å². The molecule has 2 aromatic heterocycles. The highest BCUT2D eigenvalue weighted by Gasteiger charge is 2.39. The van der Waals surface area contributed by atoms with Crippen LogP contribution in [0.2, 0.25) is 0 Å². The van der Waals surface area contributed by atoms with Gasteiger partial charge in [-0.15, -0.1) is 0 Å². The SMILES string of the molecule is CC(C)(C)OC(=O)N1CCN(C(=O)C(C)(C)Oc2cncc(N3CCC[C@@H](C(=O)N(Cc4ccc(-c5cn[nH]c5)cc4)C4CC4)C3)c2)CC1. The van der Waals surface area contributed by atoms with Crippen molar-refractivity contribution in [3.05, 3.63) is 60.7 Å². The van der Waals surface area contributed by atoms with Crippen molar-refractivity contribution in [2.45, 2.75) is 84.1 Å². The van der Waals surface area contributed by atoms with Crippen molar-refractivity contribution in [2.75, 3.05) is 44.2 Å². The molecule has 3 aliphatic rings. The fourth-order valence-electron chi connectivity index (χ4n) is 6.60. The Kier molecular flexibility index (Phi) is 9.85. The van der Waals surface area contributed by atoms with Gasteiger partial charge in [0, 0.05) is 69.7 Å². The maximum Gasteiger partial charge on any atom is 0.410 e. The second-order valence-corrected chi connectivity index (χ2v) is 14.9. The first-order valence-electron chi connectivity index (χ1n) is 17.4. The number of hydrogen-bond donors (Lipinski definition) is 1. The molecule has 49 heavy (non-hydrogen) atoms. The molecule has 262 valence electrons. The van der Waals surface area contributed by atoms with Gasteiger partial charge in [0.15, 0.2) is 5.60 Å². The number of benzene rings is 1. The van der Waals surface area contributed by atoms with E-state index in [1.807, 2.05) is 33.0 Å². The molecule has 3 amide bonds. The summed E-state index contributed by atoms with van der Waals surface area (Å²) in [6.45, 7) is 12.7. The molecule has 1 N–H and O–H groups in total. The van der Waals surface area contributed by atoms with Crippen molar-refractivity contribution in [3.8, 4) is 16.9 Å². The Morgan fingerprint density at radius 1 is 0.898 bits per heavy atom. The van der Waals surface area contributed by atoms with Gasteiger partial charge in [0.05, 0.1) is 30.2 Å². The van der Waals surface area contributed by atoms with Crippen molar-refractivity contribution in [2.24, 2.45) is 5.92 Å². The Morgan fingerprint density at radius 3 is 2.27 bits per heavy atom. The van der Waals surface area contributed by atoms with Crippen LogP contribution in [0.5, 0.6) is 5.75 Å². The smallest absolute Gasteiger partial charge is 0.410 e. The number of nitrogens with one attached hydrogen (secondary N) is 1. The first-order valence-corrected chi connectivity index (χ1v) is 17.4. The third kappa shape index (κ3) is 8.52. The van der Waals surface area contributed by atoms with E-state index in [9.17, 15) is 14.4 Å². The van der Waals surface area contributed by atoms with Crippen LogP contribution in [0.4, 0.5) is 10.5 Å². The van der Waals surface area contributed by atoms with Gasteiger partial charge in [-0.25, -0.2) is 4.79 Å². The molecule has 2 aliphatic heterocycles. The van der Waals surface area contributed by atoms with Crippen molar-refractivity contribution in [1.82, 2.24) is 29.9 Å². The van der Waals surface area contributed by atoms with E-state index in [2.05, 4.69) is 49.2 Å². The summed E-state index contributed by atoms with van der Waals surface area (Å²) < 4.78 is 11.8. The second-order valence-electron chi connectivity index (χ2n) is 14.9. The zero-order valence-electron chi connectivity index (χ0n) is 29.4. The Morgan fingerprint density at radius 2 is 1.61 bits per heavy atom. The highest BCUT2D eigenvalue weighted by atomic mass is 16.6. The molecule has 1 saturated carbocycles. The largest absolute Gasteiger partial charge is 0.476 e. The van der Waals surface area contributed by atoms with Crippen LogP contribution in [0.15, 0.2) is 55.1 Å². The lowest BCUT2D eigenvalue weighted by molar-refractivity contribution is -0.147. The fourth-order valence-corrected chi connectivity index (χ4v) is 6.60. The van der Waals surface area contributed by atoms with E-state index in [4.69, 9.17) is 9.47 Å². The number of aromatic amines is 1. The van der Waals surface area contributed by atoms with Crippen LogP contribution >= 0.6 is 0 Å². The van der Waals surface area contributed by atoms with Gasteiger partial charge in [-0.3, -0.25) is 19.7 Å². The monoisotopic (exact) mass is 671 g/mol. The predicted octanol–water partition coefficient (Wildman–Crippen LogP) is 5.12. The number of amides is 3. The molecule has 2 saturated heterocycles. The summed E-state index contributed by atoms with van der Waals surface area (Å²) >= 11 is 0. The van der Waals surface area contributed by atoms with Crippen LogP contribution in [-0.4, -0.2) is 104 Å². The Labute approximate surface area is 288 Å². The standard InChI is InChI=1S/C37H49N7O5/c1-36(2,3)49-35(47)42-17-15-41(16-18-42)34(46)37(4,5)48-32-19-31(22-38-23-32)43-14-6-7-28(25-43)33(45)44(30-12-13-30)24-26-8-10-27(11-9-26)29-20-39-40-21-29/h8-11,19-23,28,30H,6-7,12-18,24-25H2,1-5H3,(H,39,40)/t28-/m1/s1. The predicted molar refractivity (Wildman–Crippen MR) is 186 cm³/mol. The number of nitrogens with zero attached hydrogens (tertiary/aromatic N) is 6. The number of pyridine rings is 1. The number of ether oxygens (including phenoxy) is 2. The van der Waals surface area contributed by atoms with E-state index in [0.717, 1.165) is 54.6 Å². The maximum atomic E-state index is 14.0. The number of rotatable bonds is 9. The molecule has 3 fully saturated rings. The number of piperazine rings is 1. The summed E-state index contributed by atoms with van der Waals surface area (Å²) in [5.41, 5.74) is 2.41. The molecular formula is C37H49N7O5. The average Bonchev–Trinajstić information content (AvgIpc) is 3.78. The van der Waals surface area contributed by atoms with Crippen molar-refractivity contribution in [1.29, 1.82) is 0 Å². The fraction of sp³-hybridized carbons (Fsp3) is 0.541. The Balaban J connectivity index is 1.05. The summed E-state index contributed by atoms with van der Waals surface area (Å²) in [5.74, 6) is 0.447. The summed E-state index contributed by atoms with van der Waals surface area (Å²) in [5, 5.41) is 6.90. The minimum Gasteiger partial charge on any atom is -0.476 e. The van der Waals surface area contributed by atoms with Crippen LogP contribution in [0.25, 0.3) is 11.1 Å². The van der Waals surface area contributed by atoms with Crippen LogP contribution in [0.1, 0.15) is 65.9 Å². The maximum absolute atomic E-state index is 14.0.